The zero-order chi connectivity index (χ0) is 13.7. The van der Waals surface area contributed by atoms with Crippen molar-refractivity contribution in [2.45, 2.75) is 54.1 Å². The lowest BCUT2D eigenvalue weighted by Crippen LogP contribution is -2.31. The van der Waals surface area contributed by atoms with Crippen molar-refractivity contribution >= 4 is 0 Å². The van der Waals surface area contributed by atoms with Crippen LogP contribution in [0.15, 0.2) is 0 Å². The molecule has 0 aliphatic rings. The Labute approximate surface area is 104 Å². The van der Waals surface area contributed by atoms with Crippen molar-refractivity contribution in [1.82, 2.24) is 0 Å². The molecule has 0 aromatic carbocycles. The van der Waals surface area contributed by atoms with Crippen LogP contribution >= 0.6 is 0 Å². The lowest BCUT2D eigenvalue weighted by Gasteiger charge is -2.27. The first-order chi connectivity index (χ1) is 7.55. The minimum absolute atomic E-state index is 0.0741. The molecule has 0 aliphatic carbocycles. The van der Waals surface area contributed by atoms with Gasteiger partial charge in [-0.25, -0.2) is 0 Å². The summed E-state index contributed by atoms with van der Waals surface area (Å²) in [5, 5.41) is 19.1. The molecule has 0 saturated carbocycles. The van der Waals surface area contributed by atoms with E-state index >= 15 is 0 Å². The first kappa shape index (κ1) is 16.8. The molecule has 2 N–H and O–H groups in total. The molecular weight excluding hydrogens is 224 g/mol. The van der Waals surface area contributed by atoms with E-state index in [2.05, 4.69) is 0 Å². The molecule has 0 aliphatic heterocycles. The van der Waals surface area contributed by atoms with E-state index in [1.165, 1.54) is 0 Å². The van der Waals surface area contributed by atoms with Crippen LogP contribution in [0.4, 0.5) is 0 Å². The van der Waals surface area contributed by atoms with Crippen molar-refractivity contribution in [2.24, 2.45) is 10.8 Å². The zero-order valence-corrected chi connectivity index (χ0v) is 11.7. The first-order valence-corrected chi connectivity index (χ1v) is 5.72. The van der Waals surface area contributed by atoms with E-state index in [0.29, 0.717) is 0 Å². The van der Waals surface area contributed by atoms with Crippen molar-refractivity contribution in [1.29, 1.82) is 0 Å². The van der Waals surface area contributed by atoms with E-state index in [0.717, 1.165) is 0 Å². The number of hydrogen-bond acceptors (Lipinski definition) is 5. The van der Waals surface area contributed by atoms with Crippen LogP contribution in [0.1, 0.15) is 41.5 Å². The molecule has 0 rings (SSSR count). The molecule has 0 amide bonds. The second-order valence-corrected chi connectivity index (χ2v) is 6.21. The molecule has 0 saturated heterocycles. The average molecular weight is 250 g/mol. The van der Waals surface area contributed by atoms with Gasteiger partial charge in [0.05, 0.1) is 0 Å². The third-order valence-electron chi connectivity index (χ3n) is 2.10. The highest BCUT2D eigenvalue weighted by Crippen LogP contribution is 2.20. The normalized spacial score (nSPS) is 16.9. The minimum atomic E-state index is -0.893. The van der Waals surface area contributed by atoms with E-state index in [1.54, 1.807) is 0 Å². The predicted octanol–water partition coefficient (Wildman–Crippen LogP) is 1.68. The summed E-state index contributed by atoms with van der Waals surface area (Å²) in [6, 6.07) is 0. The Bertz CT molecular complexity index is 182. The summed E-state index contributed by atoms with van der Waals surface area (Å²) < 4.78 is 15.1. The summed E-state index contributed by atoms with van der Waals surface area (Å²) >= 11 is 0. The lowest BCUT2D eigenvalue weighted by atomic mass is 9.96. The Kier molecular flexibility index (Phi) is 6.58. The topological polar surface area (TPSA) is 68.2 Å². The number of aliphatic hydroxyl groups excluding tert-OH is 2. The van der Waals surface area contributed by atoms with Crippen LogP contribution in [0, 0.1) is 10.8 Å². The third-order valence-corrected chi connectivity index (χ3v) is 2.10. The fraction of sp³-hybridized carbons (Fsp3) is 1.00. The van der Waals surface area contributed by atoms with Crippen LogP contribution in [-0.2, 0) is 14.2 Å². The maximum Gasteiger partial charge on any atom is 0.162 e. The van der Waals surface area contributed by atoms with Gasteiger partial charge in [0.2, 0.25) is 0 Å². The van der Waals surface area contributed by atoms with Crippen LogP contribution in [0.3, 0.4) is 0 Å². The minimum Gasteiger partial charge on any atom is -0.367 e. The summed E-state index contributed by atoms with van der Waals surface area (Å²) in [4.78, 5) is 0. The molecule has 2 unspecified atom stereocenters. The standard InChI is InChI=1S/C12H26O5/c1-11(2,3)9(13)16-7-15-8-17-10(14)12(4,5)6/h9-10,13-14H,7-8H2,1-6H3. The van der Waals surface area contributed by atoms with E-state index in [1.807, 2.05) is 41.5 Å². The van der Waals surface area contributed by atoms with Crippen LogP contribution < -0.4 is 0 Å². The van der Waals surface area contributed by atoms with Gasteiger partial charge in [-0.15, -0.1) is 0 Å². The molecule has 5 nitrogen and oxygen atoms in total. The predicted molar refractivity (Wildman–Crippen MR) is 63.9 cm³/mol. The Hall–Kier alpha value is -0.200. The van der Waals surface area contributed by atoms with Gasteiger partial charge >= 0.3 is 0 Å². The highest BCUT2D eigenvalue weighted by atomic mass is 16.8. The zero-order valence-electron chi connectivity index (χ0n) is 11.7. The van der Waals surface area contributed by atoms with Gasteiger partial charge in [0.15, 0.2) is 26.2 Å². The summed E-state index contributed by atoms with van der Waals surface area (Å²) in [6.45, 7) is 11.0. The van der Waals surface area contributed by atoms with Crippen LogP contribution in [0.5, 0.6) is 0 Å². The van der Waals surface area contributed by atoms with Gasteiger partial charge in [-0.3, -0.25) is 0 Å². The molecule has 0 radical (unpaired) electrons. The van der Waals surface area contributed by atoms with Crippen LogP contribution in [-0.4, -0.2) is 36.4 Å². The summed E-state index contributed by atoms with van der Waals surface area (Å²) in [6.07, 6.45) is -1.79. The Morgan fingerprint density at radius 2 is 1.06 bits per heavy atom. The SMILES string of the molecule is CC(C)(C)C(O)OCOCOC(O)C(C)(C)C. The van der Waals surface area contributed by atoms with Gasteiger partial charge in [-0.1, -0.05) is 41.5 Å². The van der Waals surface area contributed by atoms with Gasteiger partial charge in [-0.2, -0.15) is 0 Å². The van der Waals surface area contributed by atoms with Crippen molar-refractivity contribution in [3.63, 3.8) is 0 Å². The largest absolute Gasteiger partial charge is 0.367 e. The monoisotopic (exact) mass is 250 g/mol. The molecule has 0 bridgehead atoms. The van der Waals surface area contributed by atoms with Crippen LogP contribution in [0.2, 0.25) is 0 Å². The molecule has 0 heterocycles. The van der Waals surface area contributed by atoms with Gasteiger partial charge in [0.1, 0.15) is 0 Å². The van der Waals surface area contributed by atoms with E-state index in [-0.39, 0.29) is 24.4 Å². The maximum absolute atomic E-state index is 9.53. The van der Waals surface area contributed by atoms with Gasteiger partial charge in [-0.05, 0) is 0 Å². The highest BCUT2D eigenvalue weighted by Gasteiger charge is 2.24. The molecule has 104 valence electrons. The molecule has 0 fully saturated rings. The van der Waals surface area contributed by atoms with E-state index in [4.69, 9.17) is 14.2 Å². The van der Waals surface area contributed by atoms with Crippen molar-refractivity contribution < 1.29 is 24.4 Å². The van der Waals surface area contributed by atoms with E-state index in [9.17, 15) is 10.2 Å². The fourth-order valence-corrected chi connectivity index (χ4v) is 0.759. The highest BCUT2D eigenvalue weighted by molar-refractivity contribution is 4.64. The molecule has 17 heavy (non-hydrogen) atoms. The van der Waals surface area contributed by atoms with Gasteiger partial charge in [0, 0.05) is 10.8 Å². The molecule has 0 aromatic rings. The number of hydrogen-bond donors (Lipinski definition) is 2. The lowest BCUT2D eigenvalue weighted by molar-refractivity contribution is -0.259. The van der Waals surface area contributed by atoms with Gasteiger partial charge in [0.25, 0.3) is 0 Å². The fourth-order valence-electron chi connectivity index (χ4n) is 0.759. The van der Waals surface area contributed by atoms with Gasteiger partial charge < -0.3 is 24.4 Å². The smallest absolute Gasteiger partial charge is 0.162 e. The second-order valence-electron chi connectivity index (χ2n) is 6.21. The Morgan fingerprint density at radius 3 is 1.29 bits per heavy atom. The second kappa shape index (κ2) is 6.66. The molecule has 0 spiro atoms. The quantitative estimate of drug-likeness (QED) is 0.554. The molecule has 0 aromatic heterocycles. The van der Waals surface area contributed by atoms with Crippen LogP contribution in [0.25, 0.3) is 0 Å². The summed E-state index contributed by atoms with van der Waals surface area (Å²) in [7, 11) is 0. The Morgan fingerprint density at radius 1 is 0.765 bits per heavy atom. The van der Waals surface area contributed by atoms with Crippen molar-refractivity contribution in [2.75, 3.05) is 13.6 Å². The number of rotatable bonds is 6. The maximum atomic E-state index is 9.53. The summed E-state index contributed by atoms with van der Waals surface area (Å²) in [5.74, 6) is 0. The molecule has 2 atom stereocenters. The third kappa shape index (κ3) is 7.68. The average Bonchev–Trinajstić information content (AvgIpc) is 2.13. The number of ether oxygens (including phenoxy) is 3. The van der Waals surface area contributed by atoms with Crippen molar-refractivity contribution in [3.05, 3.63) is 0 Å². The summed E-state index contributed by atoms with van der Waals surface area (Å²) in [5.41, 5.74) is -0.704. The first-order valence-electron chi connectivity index (χ1n) is 5.72. The number of aliphatic hydroxyl groups is 2. The van der Waals surface area contributed by atoms with E-state index < -0.39 is 12.6 Å². The Balaban J connectivity index is 3.61. The molecular formula is C12H26O5. The molecule has 5 heteroatoms. The van der Waals surface area contributed by atoms with Crippen molar-refractivity contribution in [3.8, 4) is 0 Å².